The highest BCUT2D eigenvalue weighted by Gasteiger charge is 2.32. The Morgan fingerprint density at radius 1 is 0.850 bits per heavy atom. The van der Waals surface area contributed by atoms with E-state index in [0.717, 1.165) is 12.1 Å². The average molecular weight is 555 g/mol. The van der Waals surface area contributed by atoms with Gasteiger partial charge >= 0.3 is 18.1 Å². The van der Waals surface area contributed by atoms with Crippen LogP contribution in [0.2, 0.25) is 0 Å². The standard InChI is InChI=1S/C29H25F3N2O6/c1-4-39-23-16-19(13-14-22(23)40-17-18-9-8-10-20(15-18)29(30,31)32)25-24(27(35)37-2)26(28(36)38-3)34(33-25)21-11-6-5-7-12-21/h5-16H,4,17H2,1-3H3. The number of para-hydroxylation sites is 1. The fraction of sp³-hybridized carbons (Fsp3) is 0.207. The summed E-state index contributed by atoms with van der Waals surface area (Å²) in [6, 6.07) is 18.3. The molecule has 0 bridgehead atoms. The van der Waals surface area contributed by atoms with Gasteiger partial charge in [0.25, 0.3) is 0 Å². The van der Waals surface area contributed by atoms with E-state index >= 15 is 0 Å². The molecular formula is C29H25F3N2O6. The Balaban J connectivity index is 1.77. The summed E-state index contributed by atoms with van der Waals surface area (Å²) in [5.74, 6) is -1.08. The number of halogens is 3. The van der Waals surface area contributed by atoms with Crippen molar-refractivity contribution < 1.29 is 41.7 Å². The topological polar surface area (TPSA) is 88.9 Å². The van der Waals surface area contributed by atoms with Crippen LogP contribution in [0.4, 0.5) is 13.2 Å². The summed E-state index contributed by atoms with van der Waals surface area (Å²) in [7, 11) is 2.37. The lowest BCUT2D eigenvalue weighted by atomic mass is 10.0. The van der Waals surface area contributed by atoms with Crippen molar-refractivity contribution in [3.8, 4) is 28.4 Å². The van der Waals surface area contributed by atoms with Gasteiger partial charge in [0.2, 0.25) is 0 Å². The minimum absolute atomic E-state index is 0.113. The predicted octanol–water partition coefficient (Wildman–Crippen LogP) is 6.11. The van der Waals surface area contributed by atoms with Crippen LogP contribution in [-0.2, 0) is 22.3 Å². The first-order valence-electron chi connectivity index (χ1n) is 12.1. The van der Waals surface area contributed by atoms with E-state index in [0.29, 0.717) is 16.8 Å². The highest BCUT2D eigenvalue weighted by Crippen LogP contribution is 2.36. The SMILES string of the molecule is CCOc1cc(-c2nn(-c3ccccc3)c(C(=O)OC)c2C(=O)OC)ccc1OCc1cccc(C(F)(F)F)c1. The Morgan fingerprint density at radius 2 is 1.57 bits per heavy atom. The van der Waals surface area contributed by atoms with Crippen molar-refractivity contribution in [1.82, 2.24) is 9.78 Å². The quantitative estimate of drug-likeness (QED) is 0.231. The first-order valence-corrected chi connectivity index (χ1v) is 12.1. The van der Waals surface area contributed by atoms with Gasteiger partial charge in [-0.05, 0) is 55.0 Å². The van der Waals surface area contributed by atoms with Gasteiger partial charge in [0.1, 0.15) is 17.9 Å². The number of ether oxygens (including phenoxy) is 4. The number of methoxy groups -OCH3 is 2. The summed E-state index contributed by atoms with van der Waals surface area (Å²) in [5, 5.41) is 4.56. The van der Waals surface area contributed by atoms with Crippen molar-refractivity contribution in [1.29, 1.82) is 0 Å². The Bertz CT molecular complexity index is 1520. The second-order valence-corrected chi connectivity index (χ2v) is 8.38. The third-order valence-electron chi connectivity index (χ3n) is 5.82. The highest BCUT2D eigenvalue weighted by molar-refractivity contribution is 6.06. The molecule has 0 amide bonds. The van der Waals surface area contributed by atoms with Gasteiger partial charge in [-0.1, -0.05) is 30.3 Å². The summed E-state index contributed by atoms with van der Waals surface area (Å²) < 4.78 is 62.0. The Morgan fingerprint density at radius 3 is 2.23 bits per heavy atom. The Hall–Kier alpha value is -4.80. The molecule has 4 aromatic rings. The molecule has 0 saturated carbocycles. The lowest BCUT2D eigenvalue weighted by molar-refractivity contribution is -0.137. The van der Waals surface area contributed by atoms with Gasteiger partial charge in [-0.3, -0.25) is 0 Å². The zero-order valence-electron chi connectivity index (χ0n) is 21.8. The van der Waals surface area contributed by atoms with Gasteiger partial charge in [-0.2, -0.15) is 18.3 Å². The normalized spacial score (nSPS) is 11.2. The van der Waals surface area contributed by atoms with Gasteiger partial charge in [0, 0.05) is 5.56 Å². The lowest BCUT2D eigenvalue weighted by Crippen LogP contribution is -2.15. The molecule has 0 aliphatic carbocycles. The largest absolute Gasteiger partial charge is 0.490 e. The number of hydrogen-bond acceptors (Lipinski definition) is 7. The van der Waals surface area contributed by atoms with Crippen molar-refractivity contribution in [3.63, 3.8) is 0 Å². The van der Waals surface area contributed by atoms with Crippen molar-refractivity contribution in [2.45, 2.75) is 19.7 Å². The summed E-state index contributed by atoms with van der Waals surface area (Å²) in [4.78, 5) is 25.7. The molecule has 208 valence electrons. The molecule has 0 atom stereocenters. The van der Waals surface area contributed by atoms with E-state index in [1.165, 1.54) is 31.0 Å². The highest BCUT2D eigenvalue weighted by atomic mass is 19.4. The van der Waals surface area contributed by atoms with Crippen molar-refractivity contribution in [3.05, 3.63) is 95.2 Å². The van der Waals surface area contributed by atoms with Crippen LogP contribution in [0.25, 0.3) is 16.9 Å². The number of benzene rings is 3. The molecule has 0 radical (unpaired) electrons. The predicted molar refractivity (Wildman–Crippen MR) is 139 cm³/mol. The van der Waals surface area contributed by atoms with Gasteiger partial charge in [0.15, 0.2) is 17.2 Å². The third-order valence-corrected chi connectivity index (χ3v) is 5.82. The van der Waals surface area contributed by atoms with Crippen LogP contribution in [0.5, 0.6) is 11.5 Å². The monoisotopic (exact) mass is 554 g/mol. The molecule has 1 aromatic heterocycles. The molecule has 4 rings (SSSR count). The fourth-order valence-corrected chi connectivity index (χ4v) is 4.00. The van der Waals surface area contributed by atoms with E-state index in [9.17, 15) is 22.8 Å². The van der Waals surface area contributed by atoms with Gasteiger partial charge in [-0.25, -0.2) is 14.3 Å². The van der Waals surface area contributed by atoms with E-state index in [4.69, 9.17) is 18.9 Å². The van der Waals surface area contributed by atoms with Crippen LogP contribution in [0.1, 0.15) is 38.9 Å². The Kier molecular flexibility index (Phi) is 8.42. The average Bonchev–Trinajstić information content (AvgIpc) is 3.37. The molecule has 8 nitrogen and oxygen atoms in total. The molecule has 40 heavy (non-hydrogen) atoms. The molecule has 0 N–H and O–H groups in total. The molecular weight excluding hydrogens is 529 g/mol. The third kappa shape index (κ3) is 5.93. The molecule has 0 unspecified atom stereocenters. The van der Waals surface area contributed by atoms with Gasteiger partial charge < -0.3 is 18.9 Å². The maximum Gasteiger partial charge on any atom is 0.416 e. The van der Waals surface area contributed by atoms with Crippen molar-refractivity contribution >= 4 is 11.9 Å². The molecule has 1 heterocycles. The summed E-state index contributed by atoms with van der Waals surface area (Å²) in [5.41, 5.74) is 0.331. The smallest absolute Gasteiger partial charge is 0.416 e. The van der Waals surface area contributed by atoms with E-state index in [-0.39, 0.29) is 41.7 Å². The molecule has 3 aromatic carbocycles. The fourth-order valence-electron chi connectivity index (χ4n) is 4.00. The Labute approximate surface area is 227 Å². The first kappa shape index (κ1) is 28.2. The second-order valence-electron chi connectivity index (χ2n) is 8.38. The van der Waals surface area contributed by atoms with Crippen LogP contribution in [-0.4, -0.2) is 42.5 Å². The molecule has 0 spiro atoms. The number of aromatic nitrogens is 2. The van der Waals surface area contributed by atoms with Crippen molar-refractivity contribution in [2.24, 2.45) is 0 Å². The summed E-state index contributed by atoms with van der Waals surface area (Å²) >= 11 is 0. The van der Waals surface area contributed by atoms with E-state index in [2.05, 4.69) is 5.10 Å². The maximum atomic E-state index is 13.1. The number of carbonyl (C=O) groups is 2. The first-order chi connectivity index (χ1) is 19.2. The van der Waals surface area contributed by atoms with E-state index < -0.39 is 23.7 Å². The zero-order chi connectivity index (χ0) is 28.9. The van der Waals surface area contributed by atoms with E-state index in [1.54, 1.807) is 55.5 Å². The summed E-state index contributed by atoms with van der Waals surface area (Å²) in [6.45, 7) is 1.85. The second kappa shape index (κ2) is 11.9. The maximum absolute atomic E-state index is 13.1. The minimum atomic E-state index is -4.47. The number of alkyl halides is 3. The number of carbonyl (C=O) groups excluding carboxylic acids is 2. The number of hydrogen-bond donors (Lipinski definition) is 0. The number of esters is 2. The minimum Gasteiger partial charge on any atom is -0.490 e. The van der Waals surface area contributed by atoms with Crippen LogP contribution in [0, 0.1) is 0 Å². The lowest BCUT2D eigenvalue weighted by Gasteiger charge is -2.14. The van der Waals surface area contributed by atoms with Gasteiger partial charge in [0.05, 0.1) is 32.1 Å². The van der Waals surface area contributed by atoms with Crippen LogP contribution in [0.3, 0.4) is 0 Å². The van der Waals surface area contributed by atoms with Crippen LogP contribution < -0.4 is 9.47 Å². The van der Waals surface area contributed by atoms with Gasteiger partial charge in [-0.15, -0.1) is 0 Å². The molecule has 0 aliphatic rings. The van der Waals surface area contributed by atoms with Crippen LogP contribution >= 0.6 is 0 Å². The summed E-state index contributed by atoms with van der Waals surface area (Å²) in [6.07, 6.45) is -4.47. The zero-order valence-corrected chi connectivity index (χ0v) is 21.8. The number of nitrogens with zero attached hydrogens (tertiary/aromatic N) is 2. The van der Waals surface area contributed by atoms with Crippen LogP contribution in [0.15, 0.2) is 72.8 Å². The molecule has 0 fully saturated rings. The van der Waals surface area contributed by atoms with Crippen molar-refractivity contribution in [2.75, 3.05) is 20.8 Å². The van der Waals surface area contributed by atoms with E-state index in [1.807, 2.05) is 0 Å². The number of rotatable bonds is 9. The molecule has 0 saturated heterocycles. The molecule has 11 heteroatoms. The molecule has 0 aliphatic heterocycles.